The van der Waals surface area contributed by atoms with E-state index in [-0.39, 0.29) is 16.8 Å². The molecule has 0 bridgehead atoms. The summed E-state index contributed by atoms with van der Waals surface area (Å²) in [6.07, 6.45) is 0. The standard InChI is InChI=1S/Co.Mn.H2O.3O/h;;1H2;;;/q;+1;;;;/p-1. The molecule has 0 aliphatic heterocycles. The van der Waals surface area contributed by atoms with Gasteiger partial charge in [-0.2, -0.15) is 0 Å². The second-order valence-corrected chi connectivity index (χ2v) is 1.63. The molecule has 0 atom stereocenters. The fourth-order valence-electron chi connectivity index (χ4n) is 0. The van der Waals surface area contributed by atoms with E-state index in [0.29, 0.717) is 0 Å². The van der Waals surface area contributed by atoms with Crippen molar-refractivity contribution in [2.45, 2.75) is 0 Å². The Balaban J connectivity index is 0. The van der Waals surface area contributed by atoms with Crippen LogP contribution in [0.1, 0.15) is 0 Å². The van der Waals surface area contributed by atoms with Crippen molar-refractivity contribution in [1.82, 2.24) is 0 Å². The van der Waals surface area contributed by atoms with Gasteiger partial charge in [-0.15, -0.1) is 0 Å². The van der Waals surface area contributed by atoms with Crippen molar-refractivity contribution in [3.63, 3.8) is 0 Å². The topological polar surface area (TPSA) is 71.4 Å². The second kappa shape index (κ2) is 2.54. The van der Waals surface area contributed by atoms with Gasteiger partial charge in [-0.25, -0.2) is 0 Å². The van der Waals surface area contributed by atoms with E-state index < -0.39 is 13.0 Å². The first-order chi connectivity index (χ1) is 2.00. The van der Waals surface area contributed by atoms with Gasteiger partial charge in [-0.3, -0.25) is 0 Å². The molecule has 1 radical (unpaired) electrons. The monoisotopic (exact) mass is 179 g/mol. The first-order valence-electron chi connectivity index (χ1n) is 0.632. The van der Waals surface area contributed by atoms with Gasteiger partial charge < -0.3 is 0 Å². The van der Waals surface area contributed by atoms with Gasteiger partial charge in [0.1, 0.15) is 0 Å². The van der Waals surface area contributed by atoms with Crippen molar-refractivity contribution >= 4 is 0 Å². The third-order valence-electron chi connectivity index (χ3n) is 0. The van der Waals surface area contributed by atoms with Crippen LogP contribution in [0.5, 0.6) is 0 Å². The molecule has 0 unspecified atom stereocenters. The Kier molecular flexibility index (Phi) is 4.08. The SMILES string of the molecule is [Co].[O]=[Mn](=[O])(=[O])[OH]. The Morgan fingerprint density at radius 3 is 1.17 bits per heavy atom. The minimum atomic E-state index is -5.38. The van der Waals surface area contributed by atoms with Crippen LogP contribution in [0.15, 0.2) is 0 Å². The van der Waals surface area contributed by atoms with Gasteiger partial charge in [0.2, 0.25) is 0 Å². The Morgan fingerprint density at radius 2 is 1.17 bits per heavy atom. The Labute approximate surface area is 45.9 Å². The van der Waals surface area contributed by atoms with Crippen LogP contribution in [0.3, 0.4) is 0 Å². The first-order valence-corrected chi connectivity index (χ1v) is 2.61. The van der Waals surface area contributed by atoms with Crippen molar-refractivity contribution in [1.29, 1.82) is 0 Å². The fourth-order valence-corrected chi connectivity index (χ4v) is 0. The quantitative estimate of drug-likeness (QED) is 0.488. The Hall–Kier alpha value is 0.386. The molecule has 6 heteroatoms. The fraction of sp³-hybridized carbons (Fsp3) is 0. The summed E-state index contributed by atoms with van der Waals surface area (Å²) in [6.45, 7) is 0. The van der Waals surface area contributed by atoms with E-state index in [2.05, 4.69) is 0 Å². The molecule has 0 aliphatic carbocycles. The summed E-state index contributed by atoms with van der Waals surface area (Å²) in [4.78, 5) is 0. The zero-order valence-corrected chi connectivity index (χ0v) is 4.60. The molecule has 0 spiro atoms. The summed E-state index contributed by atoms with van der Waals surface area (Å²) in [5, 5.41) is 0. The summed E-state index contributed by atoms with van der Waals surface area (Å²) < 4.78 is 33.1. The second-order valence-electron chi connectivity index (χ2n) is 0.396. The van der Waals surface area contributed by atoms with E-state index >= 15 is 0 Å². The molecule has 4 nitrogen and oxygen atoms in total. The van der Waals surface area contributed by atoms with Crippen LogP contribution in [-0.4, -0.2) is 4.19 Å². The summed E-state index contributed by atoms with van der Waals surface area (Å²) in [7, 11) is 0. The van der Waals surface area contributed by atoms with Crippen molar-refractivity contribution < 1.29 is 45.4 Å². The number of hydrogen-bond acceptors (Lipinski definition) is 3. The van der Waals surface area contributed by atoms with Crippen LogP contribution in [-0.2, 0) is 41.3 Å². The molecule has 0 fully saturated rings. The van der Waals surface area contributed by atoms with Gasteiger partial charge in [0.25, 0.3) is 0 Å². The predicted molar refractivity (Wildman–Crippen MR) is 4.28 cm³/mol. The van der Waals surface area contributed by atoms with Crippen molar-refractivity contribution in [2.75, 3.05) is 0 Å². The summed E-state index contributed by atoms with van der Waals surface area (Å²) in [6, 6.07) is 0. The maximum atomic E-state index is 8.69. The molecule has 0 saturated carbocycles. The van der Waals surface area contributed by atoms with E-state index in [4.69, 9.17) is 15.7 Å². The molecule has 0 rings (SSSR count). The summed E-state index contributed by atoms with van der Waals surface area (Å²) in [5.41, 5.74) is 0. The molecule has 6 heavy (non-hydrogen) atoms. The molecule has 0 aromatic heterocycles. The van der Waals surface area contributed by atoms with Crippen LogP contribution >= 0.6 is 0 Å². The van der Waals surface area contributed by atoms with Crippen LogP contribution < -0.4 is 0 Å². The molecule has 1 N–H and O–H groups in total. The molecule has 0 heterocycles. The zero-order valence-electron chi connectivity index (χ0n) is 2.38. The predicted octanol–water partition coefficient (Wildman–Crippen LogP) is -0.918. The summed E-state index contributed by atoms with van der Waals surface area (Å²) in [5.74, 6) is 0. The van der Waals surface area contributed by atoms with Crippen LogP contribution in [0.25, 0.3) is 0 Å². The summed E-state index contributed by atoms with van der Waals surface area (Å²) >= 11 is -5.38. The Morgan fingerprint density at radius 1 is 1.17 bits per heavy atom. The third-order valence-corrected chi connectivity index (χ3v) is 0. The van der Waals surface area contributed by atoms with E-state index in [1.165, 1.54) is 0 Å². The van der Waals surface area contributed by atoms with E-state index in [1.54, 1.807) is 0 Å². The number of rotatable bonds is 0. The normalized spacial score (nSPS) is 9.50. The van der Waals surface area contributed by atoms with Crippen LogP contribution in [0, 0.1) is 0 Å². The van der Waals surface area contributed by atoms with E-state index in [9.17, 15) is 0 Å². The molecule has 0 saturated heterocycles. The molecule has 0 aliphatic rings. The van der Waals surface area contributed by atoms with Crippen LogP contribution in [0.2, 0.25) is 0 Å². The first kappa shape index (κ1) is 9.63. The van der Waals surface area contributed by atoms with Crippen molar-refractivity contribution in [3.05, 3.63) is 0 Å². The maximum absolute atomic E-state index is 8.69. The minimum absolute atomic E-state index is 0. The molecule has 41 valence electrons. The molecule has 0 aromatic carbocycles. The molecular weight excluding hydrogens is 178 g/mol. The number of hydrogen-bond donors (Lipinski definition) is 1. The average molecular weight is 179 g/mol. The van der Waals surface area contributed by atoms with Gasteiger partial charge in [0.15, 0.2) is 0 Å². The average Bonchev–Trinajstić information content (AvgIpc) is 0.722. The zero-order chi connectivity index (χ0) is 4.50. The van der Waals surface area contributed by atoms with E-state index in [1.807, 2.05) is 0 Å². The van der Waals surface area contributed by atoms with Gasteiger partial charge in [0.05, 0.1) is 0 Å². The van der Waals surface area contributed by atoms with Gasteiger partial charge >= 0.3 is 28.7 Å². The van der Waals surface area contributed by atoms with Gasteiger partial charge in [-0.1, -0.05) is 0 Å². The van der Waals surface area contributed by atoms with Crippen molar-refractivity contribution in [2.24, 2.45) is 0 Å². The van der Waals surface area contributed by atoms with Crippen LogP contribution in [0.4, 0.5) is 0 Å². The van der Waals surface area contributed by atoms with Gasteiger partial charge in [0, 0.05) is 16.8 Å². The van der Waals surface area contributed by atoms with Crippen molar-refractivity contribution in [3.8, 4) is 0 Å². The Bertz CT molecular complexity index is 129. The molecule has 0 amide bonds. The molecular formula is HCoMnO4. The third kappa shape index (κ3) is 338. The van der Waals surface area contributed by atoms with E-state index in [0.717, 1.165) is 0 Å². The molecule has 0 aromatic rings. The van der Waals surface area contributed by atoms with Gasteiger partial charge in [-0.05, 0) is 0 Å².